The van der Waals surface area contributed by atoms with Crippen LogP contribution in [0, 0.1) is 6.92 Å². The van der Waals surface area contributed by atoms with E-state index in [0.29, 0.717) is 23.6 Å². The van der Waals surface area contributed by atoms with Gasteiger partial charge < -0.3 is 15.8 Å². The summed E-state index contributed by atoms with van der Waals surface area (Å²) in [4.78, 5) is 8.54. The van der Waals surface area contributed by atoms with Crippen LogP contribution in [0.15, 0.2) is 23.1 Å². The molecular formula is C17H23ClN4O3S. The van der Waals surface area contributed by atoms with Crippen molar-refractivity contribution in [3.8, 4) is 5.75 Å². The summed E-state index contributed by atoms with van der Waals surface area (Å²) in [6.45, 7) is 4.70. The Morgan fingerprint density at radius 2 is 2.04 bits per heavy atom. The van der Waals surface area contributed by atoms with Gasteiger partial charge in [0.2, 0.25) is 5.95 Å². The quantitative estimate of drug-likeness (QED) is 0.519. The molecule has 0 amide bonds. The summed E-state index contributed by atoms with van der Waals surface area (Å²) < 4.78 is 28.7. The van der Waals surface area contributed by atoms with E-state index in [0.717, 1.165) is 30.6 Å². The van der Waals surface area contributed by atoms with Crippen LogP contribution in [0.3, 0.4) is 0 Å². The molecule has 0 unspecified atom stereocenters. The maximum absolute atomic E-state index is 11.7. The van der Waals surface area contributed by atoms with Crippen molar-refractivity contribution in [3.05, 3.63) is 35.0 Å². The largest absolute Gasteiger partial charge is 0.496 e. The maximum Gasteiger partial charge on any atom is 0.261 e. The van der Waals surface area contributed by atoms with Gasteiger partial charge in [-0.25, -0.2) is 13.4 Å². The second-order valence-electron chi connectivity index (χ2n) is 5.86. The topological polar surface area (TPSA) is 107 Å². The number of hydrogen-bond donors (Lipinski definition) is 2. The number of methoxy groups -OCH3 is 1. The average Bonchev–Trinajstić information content (AvgIpc) is 2.57. The molecule has 0 spiro atoms. The zero-order chi connectivity index (χ0) is 19.3. The SMILES string of the molecule is CCCCNc1nc(N)nc(C)c1Cc1cc(S(=O)(=O)Cl)ccc1OC. The van der Waals surface area contributed by atoms with Gasteiger partial charge in [-0.3, -0.25) is 0 Å². The second-order valence-corrected chi connectivity index (χ2v) is 8.43. The predicted octanol–water partition coefficient (Wildman–Crippen LogP) is 3.11. The van der Waals surface area contributed by atoms with E-state index in [1.54, 1.807) is 6.07 Å². The first-order chi connectivity index (χ1) is 12.3. The van der Waals surface area contributed by atoms with Gasteiger partial charge in [0.1, 0.15) is 11.6 Å². The number of aromatic nitrogens is 2. The van der Waals surface area contributed by atoms with E-state index in [4.69, 9.17) is 21.2 Å². The highest BCUT2D eigenvalue weighted by molar-refractivity contribution is 8.13. The van der Waals surface area contributed by atoms with E-state index < -0.39 is 9.05 Å². The van der Waals surface area contributed by atoms with Gasteiger partial charge in [-0.1, -0.05) is 13.3 Å². The number of anilines is 2. The van der Waals surface area contributed by atoms with Gasteiger partial charge in [-0.15, -0.1) is 0 Å². The molecule has 9 heteroatoms. The van der Waals surface area contributed by atoms with Crippen molar-refractivity contribution < 1.29 is 13.2 Å². The van der Waals surface area contributed by atoms with Crippen molar-refractivity contribution in [3.63, 3.8) is 0 Å². The van der Waals surface area contributed by atoms with Gasteiger partial charge in [-0.2, -0.15) is 4.98 Å². The maximum atomic E-state index is 11.7. The number of ether oxygens (including phenoxy) is 1. The fourth-order valence-electron chi connectivity index (χ4n) is 2.59. The molecule has 0 aliphatic heterocycles. The standard InChI is InChI=1S/C17H23ClN4O3S/c1-4-5-8-20-16-14(11(2)21-17(19)22-16)10-12-9-13(26(18,23)24)6-7-15(12)25-3/h6-7,9H,4-5,8,10H2,1-3H3,(H3,19,20,21,22). The van der Waals surface area contributed by atoms with Crippen LogP contribution in [0.25, 0.3) is 0 Å². The molecule has 3 N–H and O–H groups in total. The van der Waals surface area contributed by atoms with Crippen molar-refractivity contribution in [2.75, 3.05) is 24.7 Å². The van der Waals surface area contributed by atoms with Gasteiger partial charge in [0.15, 0.2) is 0 Å². The fourth-order valence-corrected chi connectivity index (χ4v) is 3.40. The molecule has 0 bridgehead atoms. The van der Waals surface area contributed by atoms with Crippen molar-refractivity contribution in [2.45, 2.75) is 38.0 Å². The Morgan fingerprint density at radius 3 is 2.65 bits per heavy atom. The summed E-state index contributed by atoms with van der Waals surface area (Å²) in [6.07, 6.45) is 2.42. The molecule has 0 saturated carbocycles. The summed E-state index contributed by atoms with van der Waals surface area (Å²) in [7, 11) is 3.17. The molecule has 1 heterocycles. The molecule has 7 nitrogen and oxygen atoms in total. The Hall–Kier alpha value is -2.06. The Balaban J connectivity index is 2.47. The second kappa shape index (κ2) is 8.55. The highest BCUT2D eigenvalue weighted by Gasteiger charge is 2.17. The number of rotatable bonds is 8. The van der Waals surface area contributed by atoms with Gasteiger partial charge in [0, 0.05) is 40.5 Å². The monoisotopic (exact) mass is 398 g/mol. The molecule has 2 rings (SSSR count). The number of unbranched alkanes of at least 4 members (excludes halogenated alkanes) is 1. The van der Waals surface area contributed by atoms with Crippen LogP contribution in [0.1, 0.15) is 36.6 Å². The first kappa shape index (κ1) is 20.3. The van der Waals surface area contributed by atoms with Crippen LogP contribution >= 0.6 is 10.7 Å². The zero-order valence-corrected chi connectivity index (χ0v) is 16.6. The number of nitrogens with zero attached hydrogens (tertiary/aromatic N) is 2. The third-order valence-corrected chi connectivity index (χ3v) is 5.31. The van der Waals surface area contributed by atoms with E-state index in [1.807, 2.05) is 6.92 Å². The van der Waals surface area contributed by atoms with Crippen LogP contribution in [0.2, 0.25) is 0 Å². The van der Waals surface area contributed by atoms with Crippen LogP contribution in [-0.4, -0.2) is 32.0 Å². The first-order valence-corrected chi connectivity index (χ1v) is 10.6. The Bertz CT molecular complexity index is 888. The molecule has 0 aliphatic rings. The fraction of sp³-hybridized carbons (Fsp3) is 0.412. The lowest BCUT2D eigenvalue weighted by Crippen LogP contribution is -2.12. The van der Waals surface area contributed by atoms with Crippen molar-refractivity contribution in [1.82, 2.24) is 9.97 Å². The number of nitrogens with two attached hydrogens (primary N) is 1. The lowest BCUT2D eigenvalue weighted by Gasteiger charge is -2.16. The van der Waals surface area contributed by atoms with Crippen LogP contribution < -0.4 is 15.8 Å². The molecule has 1 aromatic heterocycles. The van der Waals surface area contributed by atoms with Gasteiger partial charge in [0.25, 0.3) is 9.05 Å². The molecule has 26 heavy (non-hydrogen) atoms. The molecule has 0 fully saturated rings. The molecule has 0 saturated heterocycles. The van der Waals surface area contributed by atoms with E-state index >= 15 is 0 Å². The predicted molar refractivity (Wildman–Crippen MR) is 103 cm³/mol. The summed E-state index contributed by atoms with van der Waals surface area (Å²) in [5.41, 5.74) is 8.00. The summed E-state index contributed by atoms with van der Waals surface area (Å²) in [5, 5.41) is 3.28. The Kier molecular flexibility index (Phi) is 6.66. The number of hydrogen-bond acceptors (Lipinski definition) is 7. The number of nitrogen functional groups attached to an aromatic ring is 1. The normalized spacial score (nSPS) is 11.4. The third-order valence-electron chi connectivity index (χ3n) is 3.95. The molecule has 142 valence electrons. The molecular weight excluding hydrogens is 376 g/mol. The Labute approximate surface area is 158 Å². The minimum absolute atomic E-state index is 0.0180. The smallest absolute Gasteiger partial charge is 0.261 e. The van der Waals surface area contributed by atoms with Crippen LogP contribution in [-0.2, 0) is 15.5 Å². The van der Waals surface area contributed by atoms with Crippen molar-refractivity contribution in [1.29, 1.82) is 0 Å². The van der Waals surface area contributed by atoms with Crippen molar-refractivity contribution in [2.24, 2.45) is 0 Å². The average molecular weight is 399 g/mol. The Morgan fingerprint density at radius 1 is 1.31 bits per heavy atom. The highest BCUT2D eigenvalue weighted by Crippen LogP contribution is 2.29. The third kappa shape index (κ3) is 4.98. The molecule has 2 aromatic rings. The molecule has 0 aliphatic carbocycles. The molecule has 0 radical (unpaired) electrons. The van der Waals surface area contributed by atoms with Crippen LogP contribution in [0.4, 0.5) is 11.8 Å². The number of halogens is 1. The van der Waals surface area contributed by atoms with E-state index in [-0.39, 0.29) is 10.8 Å². The van der Waals surface area contributed by atoms with E-state index in [2.05, 4.69) is 22.2 Å². The number of nitrogens with one attached hydrogen (secondary N) is 1. The summed E-state index contributed by atoms with van der Waals surface area (Å²) in [5.74, 6) is 1.39. The summed E-state index contributed by atoms with van der Waals surface area (Å²) in [6, 6.07) is 4.51. The summed E-state index contributed by atoms with van der Waals surface area (Å²) >= 11 is 0. The molecule has 0 atom stereocenters. The zero-order valence-electron chi connectivity index (χ0n) is 15.0. The lowest BCUT2D eigenvalue weighted by atomic mass is 10.0. The van der Waals surface area contributed by atoms with Gasteiger partial charge >= 0.3 is 0 Å². The molecule has 1 aromatic carbocycles. The van der Waals surface area contributed by atoms with Crippen molar-refractivity contribution >= 4 is 31.5 Å². The lowest BCUT2D eigenvalue weighted by molar-refractivity contribution is 0.410. The first-order valence-electron chi connectivity index (χ1n) is 8.24. The minimum Gasteiger partial charge on any atom is -0.496 e. The van der Waals surface area contributed by atoms with Gasteiger partial charge in [0.05, 0.1) is 12.0 Å². The van der Waals surface area contributed by atoms with Gasteiger partial charge in [-0.05, 0) is 31.5 Å². The van der Waals surface area contributed by atoms with Crippen LogP contribution in [0.5, 0.6) is 5.75 Å². The highest BCUT2D eigenvalue weighted by atomic mass is 35.7. The minimum atomic E-state index is -3.84. The van der Waals surface area contributed by atoms with E-state index in [1.165, 1.54) is 19.2 Å². The number of aryl methyl sites for hydroxylation is 1. The number of benzene rings is 1. The van der Waals surface area contributed by atoms with E-state index in [9.17, 15) is 8.42 Å².